The Morgan fingerprint density at radius 3 is 2.34 bits per heavy atom. The van der Waals surface area contributed by atoms with Crippen molar-refractivity contribution in [2.45, 2.75) is 33.7 Å². The van der Waals surface area contributed by atoms with E-state index >= 15 is 0 Å². The van der Waals surface area contributed by atoms with E-state index in [1.165, 1.54) is 12.1 Å². The summed E-state index contributed by atoms with van der Waals surface area (Å²) in [6.45, 7) is 7.62. The summed E-state index contributed by atoms with van der Waals surface area (Å²) in [4.78, 5) is 15.3. The molecule has 0 saturated heterocycles. The molecule has 1 atom stereocenters. The van der Waals surface area contributed by atoms with Crippen molar-refractivity contribution in [3.8, 4) is 0 Å². The summed E-state index contributed by atoms with van der Waals surface area (Å²) < 4.78 is 18.6. The van der Waals surface area contributed by atoms with E-state index in [0.717, 1.165) is 22.4 Å². The van der Waals surface area contributed by atoms with Crippen molar-refractivity contribution >= 4 is 34.7 Å². The maximum absolute atomic E-state index is 13.5. The first-order valence-electron chi connectivity index (χ1n) is 10.1. The van der Waals surface area contributed by atoms with Crippen molar-refractivity contribution in [1.29, 1.82) is 0 Å². The van der Waals surface area contributed by atoms with Crippen LogP contribution >= 0.6 is 12.2 Å². The molecule has 0 saturated carbocycles. The number of carbonyl (C=O) groups is 1. The number of aryl methyl sites for hydroxylation is 3. The molecule has 0 spiro atoms. The zero-order chi connectivity index (χ0) is 23.0. The van der Waals surface area contributed by atoms with Crippen molar-refractivity contribution in [3.63, 3.8) is 0 Å². The van der Waals surface area contributed by atoms with Crippen LogP contribution in [0.3, 0.4) is 0 Å². The second kappa shape index (κ2) is 8.55. The number of anilines is 2. The van der Waals surface area contributed by atoms with E-state index in [-0.39, 0.29) is 11.7 Å². The fourth-order valence-electron chi connectivity index (χ4n) is 3.94. The Labute approximate surface area is 191 Å². The molecule has 8 heteroatoms. The number of nitrogens with one attached hydrogen (secondary N) is 2. The molecule has 4 rings (SSSR count). The molecule has 0 aliphatic carbocycles. The summed E-state index contributed by atoms with van der Waals surface area (Å²) >= 11 is 5.70. The van der Waals surface area contributed by atoms with Crippen molar-refractivity contribution < 1.29 is 13.7 Å². The number of carbonyl (C=O) groups excluding carboxylic acids is 1. The molecule has 1 aromatic heterocycles. The molecule has 0 fully saturated rings. The van der Waals surface area contributed by atoms with Crippen LogP contribution in [-0.2, 0) is 4.79 Å². The van der Waals surface area contributed by atoms with Gasteiger partial charge in [-0.05, 0) is 80.9 Å². The number of halogens is 1. The number of hydrogen-bond donors (Lipinski definition) is 2. The summed E-state index contributed by atoms with van der Waals surface area (Å²) in [5.41, 5.74) is 4.86. The average molecular weight is 451 g/mol. The van der Waals surface area contributed by atoms with Crippen LogP contribution in [0.1, 0.15) is 35.4 Å². The van der Waals surface area contributed by atoms with E-state index in [1.807, 2.05) is 37.8 Å². The van der Waals surface area contributed by atoms with Gasteiger partial charge in [-0.25, -0.2) is 4.39 Å². The highest BCUT2D eigenvalue weighted by atomic mass is 32.1. The van der Waals surface area contributed by atoms with Gasteiger partial charge in [0.1, 0.15) is 11.6 Å². The predicted octanol–water partition coefficient (Wildman–Crippen LogP) is 5.09. The number of benzene rings is 2. The van der Waals surface area contributed by atoms with Crippen LogP contribution in [0.5, 0.6) is 0 Å². The number of aromatic nitrogens is 1. The van der Waals surface area contributed by atoms with Crippen LogP contribution in [-0.4, -0.2) is 16.2 Å². The molecule has 1 aliphatic rings. The van der Waals surface area contributed by atoms with E-state index in [0.29, 0.717) is 28.0 Å². The van der Waals surface area contributed by atoms with Crippen molar-refractivity contribution in [2.75, 3.05) is 10.2 Å². The van der Waals surface area contributed by atoms with Gasteiger partial charge in [0.25, 0.3) is 5.91 Å². The van der Waals surface area contributed by atoms with Crippen LogP contribution in [0.4, 0.5) is 15.9 Å². The molecule has 6 nitrogen and oxygen atoms in total. The third-order valence-corrected chi connectivity index (χ3v) is 5.57. The van der Waals surface area contributed by atoms with Crippen LogP contribution in [0.2, 0.25) is 0 Å². The highest BCUT2D eigenvalue weighted by molar-refractivity contribution is 7.80. The smallest absolute Gasteiger partial charge is 0.257 e. The molecular weight excluding hydrogens is 427 g/mol. The lowest BCUT2D eigenvalue weighted by molar-refractivity contribution is -0.113. The van der Waals surface area contributed by atoms with Gasteiger partial charge in [-0.2, -0.15) is 0 Å². The van der Waals surface area contributed by atoms with E-state index in [1.54, 1.807) is 25.1 Å². The van der Waals surface area contributed by atoms with Crippen LogP contribution in [0.15, 0.2) is 64.3 Å². The summed E-state index contributed by atoms with van der Waals surface area (Å²) in [6.07, 6.45) is 0. The van der Waals surface area contributed by atoms with Gasteiger partial charge in [-0.15, -0.1) is 0 Å². The lowest BCUT2D eigenvalue weighted by atomic mass is 9.94. The maximum atomic E-state index is 13.5. The minimum Gasteiger partial charge on any atom is -0.360 e. The average Bonchev–Trinajstić information content (AvgIpc) is 3.11. The number of nitrogens with zero attached hydrogens (tertiary/aromatic N) is 2. The minimum atomic E-state index is -0.557. The number of hydrogen-bond acceptors (Lipinski definition) is 4. The molecule has 1 amide bonds. The topological polar surface area (TPSA) is 70.4 Å². The monoisotopic (exact) mass is 450 g/mol. The number of thiocarbonyl (C=S) groups is 1. The zero-order valence-corrected chi connectivity index (χ0v) is 19.0. The molecule has 0 radical (unpaired) electrons. The second-order valence-corrected chi connectivity index (χ2v) is 8.28. The van der Waals surface area contributed by atoms with Crippen molar-refractivity contribution in [3.05, 3.63) is 88.1 Å². The predicted molar refractivity (Wildman–Crippen MR) is 126 cm³/mol. The highest BCUT2D eigenvalue weighted by Crippen LogP contribution is 2.35. The van der Waals surface area contributed by atoms with Crippen LogP contribution < -0.4 is 15.5 Å². The minimum absolute atomic E-state index is 0.316. The summed E-state index contributed by atoms with van der Waals surface area (Å²) in [5.74, 6) is 0.195. The normalized spacial score (nSPS) is 16.2. The molecule has 1 unspecified atom stereocenters. The fraction of sp³-hybridized carbons (Fsp3) is 0.208. The standard InChI is InChI=1S/C24H23FN4O2S/c1-13-9-14(2)11-19(10-13)29-16(4)21(23(30)26-20-12-15(3)31-28-20)22(27-24(29)32)17-5-7-18(25)8-6-17/h5-12,22H,1-4H3,(H,27,32)(H,26,28,30). The molecule has 164 valence electrons. The Hall–Kier alpha value is -3.52. The van der Waals surface area contributed by atoms with Crippen LogP contribution in [0, 0.1) is 26.6 Å². The molecule has 2 aromatic carbocycles. The van der Waals surface area contributed by atoms with Gasteiger partial charge in [0.15, 0.2) is 10.9 Å². The zero-order valence-electron chi connectivity index (χ0n) is 18.2. The van der Waals surface area contributed by atoms with Gasteiger partial charge in [-0.3, -0.25) is 9.69 Å². The Morgan fingerprint density at radius 1 is 1.09 bits per heavy atom. The molecule has 3 aromatic rings. The summed E-state index contributed by atoms with van der Waals surface area (Å²) in [7, 11) is 0. The van der Waals surface area contributed by atoms with Crippen LogP contribution in [0.25, 0.3) is 0 Å². The molecule has 2 heterocycles. The third kappa shape index (κ3) is 4.27. The molecule has 1 aliphatic heterocycles. The van der Waals surface area contributed by atoms with E-state index in [4.69, 9.17) is 16.7 Å². The second-order valence-electron chi connectivity index (χ2n) is 7.89. The van der Waals surface area contributed by atoms with Gasteiger partial charge in [0.2, 0.25) is 0 Å². The van der Waals surface area contributed by atoms with Crippen molar-refractivity contribution in [2.24, 2.45) is 0 Å². The Balaban J connectivity index is 1.82. The SMILES string of the molecule is CC1=C(C(=O)Nc2cc(C)on2)C(c2ccc(F)cc2)NC(=S)N1c1cc(C)cc(C)c1. The lowest BCUT2D eigenvalue weighted by Crippen LogP contribution is -2.48. The summed E-state index contributed by atoms with van der Waals surface area (Å²) in [5, 5.41) is 10.4. The summed E-state index contributed by atoms with van der Waals surface area (Å²) in [6, 6.07) is 13.2. The van der Waals surface area contributed by atoms with Gasteiger partial charge in [0.05, 0.1) is 11.6 Å². The lowest BCUT2D eigenvalue weighted by Gasteiger charge is -2.38. The number of amides is 1. The molecule has 2 N–H and O–H groups in total. The Morgan fingerprint density at radius 2 is 1.75 bits per heavy atom. The Bertz CT molecular complexity index is 1210. The van der Waals surface area contributed by atoms with Gasteiger partial charge >= 0.3 is 0 Å². The van der Waals surface area contributed by atoms with E-state index in [9.17, 15) is 9.18 Å². The molecular formula is C24H23FN4O2S. The van der Waals surface area contributed by atoms with E-state index in [2.05, 4.69) is 21.9 Å². The number of rotatable bonds is 4. The van der Waals surface area contributed by atoms with Gasteiger partial charge in [-0.1, -0.05) is 23.4 Å². The van der Waals surface area contributed by atoms with E-state index < -0.39 is 6.04 Å². The molecule has 32 heavy (non-hydrogen) atoms. The first kappa shape index (κ1) is 21.7. The Kier molecular flexibility index (Phi) is 5.80. The molecule has 0 bridgehead atoms. The first-order valence-corrected chi connectivity index (χ1v) is 10.5. The third-order valence-electron chi connectivity index (χ3n) is 5.27. The highest BCUT2D eigenvalue weighted by Gasteiger charge is 2.35. The maximum Gasteiger partial charge on any atom is 0.257 e. The van der Waals surface area contributed by atoms with Gasteiger partial charge in [0, 0.05) is 17.5 Å². The van der Waals surface area contributed by atoms with Gasteiger partial charge < -0.3 is 15.2 Å². The first-order chi connectivity index (χ1) is 15.2. The fourth-order valence-corrected chi connectivity index (χ4v) is 4.30. The number of allylic oxidation sites excluding steroid dienone is 1. The van der Waals surface area contributed by atoms with Crippen molar-refractivity contribution in [1.82, 2.24) is 10.5 Å². The quantitative estimate of drug-likeness (QED) is 0.540. The largest absolute Gasteiger partial charge is 0.360 e.